The molecular weight excluding hydrogens is 404 g/mol. The zero-order valence-electron chi connectivity index (χ0n) is 18.0. The Labute approximate surface area is 188 Å². The van der Waals surface area contributed by atoms with E-state index in [0.717, 1.165) is 36.4 Å². The summed E-state index contributed by atoms with van der Waals surface area (Å²) in [5.41, 5.74) is 2.53. The van der Waals surface area contributed by atoms with Gasteiger partial charge in [0.25, 0.3) is 0 Å². The van der Waals surface area contributed by atoms with Gasteiger partial charge < -0.3 is 24.8 Å². The van der Waals surface area contributed by atoms with Gasteiger partial charge in [-0.1, -0.05) is 48.5 Å². The molecular formula is C26H28N2O4. The molecule has 1 amide bonds. The molecule has 166 valence electrons. The van der Waals surface area contributed by atoms with Crippen molar-refractivity contribution < 1.29 is 19.0 Å². The molecule has 3 aromatic rings. The molecule has 1 unspecified atom stereocenters. The van der Waals surface area contributed by atoms with Crippen molar-refractivity contribution >= 4 is 17.3 Å². The number of benzene rings is 3. The van der Waals surface area contributed by atoms with E-state index >= 15 is 0 Å². The molecule has 0 saturated carbocycles. The van der Waals surface area contributed by atoms with Crippen LogP contribution in [0.5, 0.6) is 11.5 Å². The van der Waals surface area contributed by atoms with Crippen molar-refractivity contribution in [3.8, 4) is 11.5 Å². The Balaban J connectivity index is 1.27. The zero-order valence-corrected chi connectivity index (χ0v) is 18.0. The molecule has 0 spiro atoms. The quantitative estimate of drug-likeness (QED) is 0.478. The number of carbonyl (C=O) groups excluding carboxylic acids is 1. The highest BCUT2D eigenvalue weighted by Gasteiger charge is 2.16. The molecule has 4 rings (SSSR count). The van der Waals surface area contributed by atoms with E-state index in [9.17, 15) is 4.79 Å². The van der Waals surface area contributed by atoms with Crippen molar-refractivity contribution in [2.24, 2.45) is 0 Å². The molecule has 0 aliphatic carbocycles. The lowest BCUT2D eigenvalue weighted by atomic mass is 10.2. The topological polar surface area (TPSA) is 68.8 Å². The molecule has 1 aliphatic heterocycles. The molecule has 0 bridgehead atoms. The van der Waals surface area contributed by atoms with Crippen molar-refractivity contribution in [2.75, 3.05) is 30.4 Å². The standard InChI is InChI=1S/C26H28N2O4/c29-26(17-27-21-10-6-11-22(16-21)31-19-23-12-7-15-30-23)28-24-13-4-5-14-25(24)32-18-20-8-2-1-3-9-20/h1-6,8-11,13-14,16,23,27H,7,12,15,17-19H2,(H,28,29). The fourth-order valence-electron chi connectivity index (χ4n) is 3.47. The van der Waals surface area contributed by atoms with Crippen molar-refractivity contribution in [3.63, 3.8) is 0 Å². The Morgan fingerprint density at radius 3 is 2.66 bits per heavy atom. The number of para-hydroxylation sites is 2. The Hall–Kier alpha value is -3.51. The Kier molecular flexibility index (Phi) is 7.60. The number of rotatable bonds is 10. The van der Waals surface area contributed by atoms with E-state index in [1.54, 1.807) is 0 Å². The molecule has 2 N–H and O–H groups in total. The van der Waals surface area contributed by atoms with Crippen LogP contribution in [0.2, 0.25) is 0 Å². The average molecular weight is 433 g/mol. The van der Waals surface area contributed by atoms with Crippen molar-refractivity contribution in [3.05, 3.63) is 84.4 Å². The second-order valence-corrected chi connectivity index (χ2v) is 7.65. The van der Waals surface area contributed by atoms with Crippen LogP contribution in [0.25, 0.3) is 0 Å². The molecule has 32 heavy (non-hydrogen) atoms. The smallest absolute Gasteiger partial charge is 0.243 e. The van der Waals surface area contributed by atoms with Gasteiger partial charge in [-0.05, 0) is 42.7 Å². The zero-order chi connectivity index (χ0) is 22.0. The van der Waals surface area contributed by atoms with Gasteiger partial charge in [-0.25, -0.2) is 0 Å². The van der Waals surface area contributed by atoms with Crippen LogP contribution >= 0.6 is 0 Å². The maximum absolute atomic E-state index is 12.5. The Morgan fingerprint density at radius 2 is 1.81 bits per heavy atom. The van der Waals surface area contributed by atoms with Crippen molar-refractivity contribution in [1.29, 1.82) is 0 Å². The van der Waals surface area contributed by atoms with Crippen molar-refractivity contribution in [2.45, 2.75) is 25.6 Å². The van der Waals surface area contributed by atoms with Gasteiger partial charge in [0, 0.05) is 18.4 Å². The van der Waals surface area contributed by atoms with Crippen LogP contribution in [0.15, 0.2) is 78.9 Å². The lowest BCUT2D eigenvalue weighted by Gasteiger charge is -2.14. The van der Waals surface area contributed by atoms with E-state index in [0.29, 0.717) is 24.7 Å². The number of hydrogen-bond acceptors (Lipinski definition) is 5. The fourth-order valence-corrected chi connectivity index (χ4v) is 3.47. The summed E-state index contributed by atoms with van der Waals surface area (Å²) < 4.78 is 17.3. The van der Waals surface area contributed by atoms with E-state index in [4.69, 9.17) is 14.2 Å². The summed E-state index contributed by atoms with van der Waals surface area (Å²) in [7, 11) is 0. The molecule has 6 nitrogen and oxygen atoms in total. The molecule has 1 atom stereocenters. The van der Waals surface area contributed by atoms with Gasteiger partial charge in [0.1, 0.15) is 24.7 Å². The molecule has 6 heteroatoms. The molecule has 1 heterocycles. The summed E-state index contributed by atoms with van der Waals surface area (Å²) in [5, 5.41) is 6.07. The van der Waals surface area contributed by atoms with Gasteiger partial charge in [-0.15, -0.1) is 0 Å². The molecule has 0 aromatic heterocycles. The Morgan fingerprint density at radius 1 is 0.969 bits per heavy atom. The summed E-state index contributed by atoms with van der Waals surface area (Å²) in [6, 6.07) is 25.0. The predicted molar refractivity (Wildman–Crippen MR) is 125 cm³/mol. The van der Waals surface area contributed by atoms with Gasteiger partial charge in [0.15, 0.2) is 0 Å². The molecule has 1 saturated heterocycles. The third kappa shape index (κ3) is 6.49. The lowest BCUT2D eigenvalue weighted by molar-refractivity contribution is -0.114. The SMILES string of the molecule is O=C(CNc1cccc(OCC2CCCO2)c1)Nc1ccccc1OCc1ccccc1. The molecule has 1 fully saturated rings. The number of amides is 1. The van der Waals surface area contributed by atoms with E-state index in [1.807, 2.05) is 78.9 Å². The van der Waals surface area contributed by atoms with Crippen LogP contribution in [0.1, 0.15) is 18.4 Å². The first kappa shape index (κ1) is 21.7. The molecule has 0 radical (unpaired) electrons. The van der Waals surface area contributed by atoms with E-state index in [1.165, 1.54) is 0 Å². The van der Waals surface area contributed by atoms with Gasteiger partial charge >= 0.3 is 0 Å². The average Bonchev–Trinajstić information content (AvgIpc) is 3.36. The Bertz CT molecular complexity index is 1000. The molecule has 1 aliphatic rings. The van der Waals surface area contributed by atoms with Crippen LogP contribution in [-0.2, 0) is 16.1 Å². The van der Waals surface area contributed by atoms with Gasteiger partial charge in [-0.2, -0.15) is 0 Å². The van der Waals surface area contributed by atoms with Crippen LogP contribution in [0.3, 0.4) is 0 Å². The third-order valence-corrected chi connectivity index (χ3v) is 5.15. The number of ether oxygens (including phenoxy) is 3. The van der Waals surface area contributed by atoms with Crippen LogP contribution in [-0.4, -0.2) is 31.8 Å². The number of nitrogens with one attached hydrogen (secondary N) is 2. The summed E-state index contributed by atoms with van der Waals surface area (Å²) >= 11 is 0. The van der Waals surface area contributed by atoms with Gasteiger partial charge in [0.2, 0.25) is 5.91 Å². The highest BCUT2D eigenvalue weighted by Crippen LogP contribution is 2.25. The lowest BCUT2D eigenvalue weighted by Crippen LogP contribution is -2.22. The van der Waals surface area contributed by atoms with Gasteiger partial charge in [-0.3, -0.25) is 4.79 Å². The van der Waals surface area contributed by atoms with Crippen LogP contribution in [0.4, 0.5) is 11.4 Å². The highest BCUT2D eigenvalue weighted by molar-refractivity contribution is 5.95. The minimum Gasteiger partial charge on any atom is -0.491 e. The minimum absolute atomic E-state index is 0.127. The second kappa shape index (κ2) is 11.2. The first-order valence-corrected chi connectivity index (χ1v) is 10.9. The predicted octanol–water partition coefficient (Wildman–Crippen LogP) is 4.87. The van der Waals surface area contributed by atoms with Crippen molar-refractivity contribution in [1.82, 2.24) is 0 Å². The molecule has 3 aromatic carbocycles. The maximum atomic E-state index is 12.5. The normalized spacial score (nSPS) is 15.2. The second-order valence-electron chi connectivity index (χ2n) is 7.65. The van der Waals surface area contributed by atoms with Crippen LogP contribution in [0, 0.1) is 0 Å². The summed E-state index contributed by atoms with van der Waals surface area (Å²) in [5.74, 6) is 1.23. The monoisotopic (exact) mass is 432 g/mol. The third-order valence-electron chi connectivity index (χ3n) is 5.15. The largest absolute Gasteiger partial charge is 0.491 e. The summed E-state index contributed by atoms with van der Waals surface area (Å²) in [6.07, 6.45) is 2.29. The van der Waals surface area contributed by atoms with Crippen LogP contribution < -0.4 is 20.1 Å². The number of hydrogen-bond donors (Lipinski definition) is 2. The van der Waals surface area contributed by atoms with Gasteiger partial charge in [0.05, 0.1) is 18.3 Å². The fraction of sp³-hybridized carbons (Fsp3) is 0.269. The minimum atomic E-state index is -0.161. The van der Waals surface area contributed by atoms with E-state index < -0.39 is 0 Å². The summed E-state index contributed by atoms with van der Waals surface area (Å²) in [6.45, 7) is 1.92. The number of carbonyl (C=O) groups is 1. The highest BCUT2D eigenvalue weighted by atomic mass is 16.5. The number of anilines is 2. The maximum Gasteiger partial charge on any atom is 0.243 e. The first-order chi connectivity index (χ1) is 15.8. The first-order valence-electron chi connectivity index (χ1n) is 10.9. The summed E-state index contributed by atoms with van der Waals surface area (Å²) in [4.78, 5) is 12.5. The van der Waals surface area contributed by atoms with E-state index in [2.05, 4.69) is 10.6 Å². The van der Waals surface area contributed by atoms with E-state index in [-0.39, 0.29) is 18.6 Å².